The Morgan fingerprint density at radius 2 is 1.60 bits per heavy atom. The number of imide groups is 1. The van der Waals surface area contributed by atoms with Gasteiger partial charge >= 0.3 is 0 Å². The molecule has 0 radical (unpaired) electrons. The molecule has 1 N–H and O–H groups in total. The molecule has 1 aromatic heterocycles. The summed E-state index contributed by atoms with van der Waals surface area (Å²) in [6.07, 6.45) is 1.74. The monoisotopic (exact) mass is 487 g/mol. The van der Waals surface area contributed by atoms with Gasteiger partial charge in [0.1, 0.15) is 6.54 Å². The molecule has 7 heteroatoms. The summed E-state index contributed by atoms with van der Waals surface area (Å²) in [6, 6.07) is 14.0. The second kappa shape index (κ2) is 9.58. The summed E-state index contributed by atoms with van der Waals surface area (Å²) in [5.74, 6) is -0.865. The SMILES string of the molecule is Cc1cc(C)cc(-n2c(C)cc(/C=C3/SC(=O)N(CC(=O)Nc4ccc(C)c(C)c4)C3=O)c2C)c1. The van der Waals surface area contributed by atoms with Gasteiger partial charge < -0.3 is 9.88 Å². The number of nitrogens with zero attached hydrogens (tertiary/aromatic N) is 2. The van der Waals surface area contributed by atoms with Crippen molar-refractivity contribution in [3.05, 3.63) is 86.6 Å². The van der Waals surface area contributed by atoms with E-state index in [9.17, 15) is 14.4 Å². The molecule has 0 spiro atoms. The maximum absolute atomic E-state index is 13.0. The van der Waals surface area contributed by atoms with Crippen molar-refractivity contribution in [2.75, 3.05) is 11.9 Å². The van der Waals surface area contributed by atoms with E-state index in [0.717, 1.165) is 50.4 Å². The Balaban J connectivity index is 1.54. The molecular formula is C28H29N3O3S. The van der Waals surface area contributed by atoms with Gasteiger partial charge in [-0.3, -0.25) is 19.3 Å². The minimum Gasteiger partial charge on any atom is -0.325 e. The lowest BCUT2D eigenvalue weighted by Crippen LogP contribution is -2.36. The minimum absolute atomic E-state index is 0.314. The van der Waals surface area contributed by atoms with Gasteiger partial charge in [0.05, 0.1) is 4.91 Å². The summed E-state index contributed by atoms with van der Waals surface area (Å²) >= 11 is 0.863. The highest BCUT2D eigenvalue weighted by Gasteiger charge is 2.36. The second-order valence-electron chi connectivity index (χ2n) is 9.12. The number of carbonyl (C=O) groups excluding carboxylic acids is 3. The quantitative estimate of drug-likeness (QED) is 0.448. The first kappa shape index (κ1) is 24.5. The predicted octanol–water partition coefficient (Wildman–Crippen LogP) is 6.00. The molecule has 0 unspecified atom stereocenters. The molecule has 1 saturated heterocycles. The topological polar surface area (TPSA) is 71.4 Å². The molecule has 1 fully saturated rings. The Morgan fingerprint density at radius 3 is 2.26 bits per heavy atom. The van der Waals surface area contributed by atoms with Gasteiger partial charge in [-0.05, 0) is 118 Å². The lowest BCUT2D eigenvalue weighted by molar-refractivity contribution is -0.127. The van der Waals surface area contributed by atoms with Crippen molar-refractivity contribution in [3.63, 3.8) is 0 Å². The number of nitrogens with one attached hydrogen (secondary N) is 1. The summed E-state index contributed by atoms with van der Waals surface area (Å²) in [5, 5.41) is 2.33. The first-order valence-corrected chi connectivity index (χ1v) is 12.2. The van der Waals surface area contributed by atoms with Gasteiger partial charge in [0.2, 0.25) is 5.91 Å². The molecule has 180 valence electrons. The second-order valence-corrected chi connectivity index (χ2v) is 10.1. The average Bonchev–Trinajstić information content (AvgIpc) is 3.19. The van der Waals surface area contributed by atoms with Crippen molar-refractivity contribution in [2.24, 2.45) is 0 Å². The van der Waals surface area contributed by atoms with E-state index in [1.807, 2.05) is 45.9 Å². The molecule has 4 rings (SSSR count). The maximum atomic E-state index is 13.0. The van der Waals surface area contributed by atoms with Gasteiger partial charge in [0, 0.05) is 22.8 Å². The zero-order chi connectivity index (χ0) is 25.4. The van der Waals surface area contributed by atoms with E-state index in [4.69, 9.17) is 0 Å². The highest BCUT2D eigenvalue weighted by Crippen LogP contribution is 2.34. The number of hydrogen-bond donors (Lipinski definition) is 1. The van der Waals surface area contributed by atoms with Crippen LogP contribution in [-0.2, 0) is 9.59 Å². The van der Waals surface area contributed by atoms with E-state index < -0.39 is 17.1 Å². The Bertz CT molecular complexity index is 1380. The number of benzene rings is 2. The maximum Gasteiger partial charge on any atom is 0.294 e. The van der Waals surface area contributed by atoms with E-state index in [-0.39, 0.29) is 6.54 Å². The van der Waals surface area contributed by atoms with Crippen molar-refractivity contribution in [3.8, 4) is 5.69 Å². The Morgan fingerprint density at radius 1 is 0.914 bits per heavy atom. The lowest BCUT2D eigenvalue weighted by atomic mass is 10.1. The summed E-state index contributed by atoms with van der Waals surface area (Å²) in [5.41, 5.74) is 9.10. The third-order valence-electron chi connectivity index (χ3n) is 6.19. The molecule has 3 amide bonds. The van der Waals surface area contributed by atoms with E-state index in [1.54, 1.807) is 12.1 Å². The van der Waals surface area contributed by atoms with Crippen molar-refractivity contribution in [2.45, 2.75) is 41.5 Å². The summed E-state index contributed by atoms with van der Waals surface area (Å²) in [6.45, 7) is 11.8. The molecule has 2 heterocycles. The van der Waals surface area contributed by atoms with Crippen molar-refractivity contribution in [1.82, 2.24) is 9.47 Å². The summed E-state index contributed by atoms with van der Waals surface area (Å²) in [7, 11) is 0. The van der Waals surface area contributed by atoms with Gasteiger partial charge in [-0.2, -0.15) is 0 Å². The Kier molecular flexibility index (Phi) is 6.72. The fourth-order valence-corrected chi connectivity index (χ4v) is 5.18. The Hall–Kier alpha value is -3.58. The third kappa shape index (κ3) is 5.10. The van der Waals surface area contributed by atoms with Crippen LogP contribution in [0.15, 0.2) is 47.4 Å². The third-order valence-corrected chi connectivity index (χ3v) is 7.09. The number of anilines is 1. The predicted molar refractivity (Wildman–Crippen MR) is 142 cm³/mol. The van der Waals surface area contributed by atoms with Crippen LogP contribution in [0.1, 0.15) is 39.2 Å². The van der Waals surface area contributed by atoms with Crippen LogP contribution in [0.2, 0.25) is 0 Å². The molecule has 3 aromatic rings. The molecule has 1 aliphatic heterocycles. The summed E-state index contributed by atoms with van der Waals surface area (Å²) in [4.78, 5) is 39.4. The van der Waals surface area contributed by atoms with Crippen molar-refractivity contribution >= 4 is 40.6 Å². The molecule has 0 atom stereocenters. The molecule has 0 aliphatic carbocycles. The number of carbonyl (C=O) groups is 3. The van der Waals surface area contributed by atoms with Gasteiger partial charge in [0.15, 0.2) is 0 Å². The normalized spacial score (nSPS) is 14.8. The molecule has 1 aliphatic rings. The first-order chi connectivity index (χ1) is 16.5. The van der Waals surface area contributed by atoms with Crippen LogP contribution in [-0.4, -0.2) is 33.1 Å². The number of aromatic nitrogens is 1. The fraction of sp³-hybridized carbons (Fsp3) is 0.250. The molecule has 2 aromatic carbocycles. The number of aryl methyl sites for hydroxylation is 5. The van der Waals surface area contributed by atoms with Crippen LogP contribution in [0.5, 0.6) is 0 Å². The molecule has 35 heavy (non-hydrogen) atoms. The standard InChI is InChI=1S/C28H29N3O3S/c1-16-9-17(2)11-24(10-16)31-20(5)13-22(21(31)6)14-25-27(33)30(28(34)35-25)15-26(32)29-23-8-7-18(3)19(4)12-23/h7-14H,15H2,1-6H3,(H,29,32)/b25-14+. The zero-order valence-electron chi connectivity index (χ0n) is 20.9. The van der Waals surface area contributed by atoms with E-state index in [0.29, 0.717) is 10.6 Å². The van der Waals surface area contributed by atoms with Crippen LogP contribution in [0, 0.1) is 41.5 Å². The number of amides is 3. The van der Waals surface area contributed by atoms with Gasteiger partial charge in [-0.1, -0.05) is 12.1 Å². The van der Waals surface area contributed by atoms with Crippen molar-refractivity contribution in [1.29, 1.82) is 0 Å². The fourth-order valence-electron chi connectivity index (χ4n) is 4.35. The number of hydrogen-bond acceptors (Lipinski definition) is 4. The largest absolute Gasteiger partial charge is 0.325 e. The highest BCUT2D eigenvalue weighted by molar-refractivity contribution is 8.18. The zero-order valence-corrected chi connectivity index (χ0v) is 21.7. The van der Waals surface area contributed by atoms with Crippen LogP contribution in [0.4, 0.5) is 10.5 Å². The first-order valence-electron chi connectivity index (χ1n) is 11.4. The van der Waals surface area contributed by atoms with Gasteiger partial charge in [-0.15, -0.1) is 0 Å². The van der Waals surface area contributed by atoms with E-state index in [2.05, 4.69) is 41.9 Å². The molecule has 6 nitrogen and oxygen atoms in total. The summed E-state index contributed by atoms with van der Waals surface area (Å²) < 4.78 is 2.15. The van der Waals surface area contributed by atoms with Crippen LogP contribution in [0.3, 0.4) is 0 Å². The Labute approximate surface area is 210 Å². The average molecular weight is 488 g/mol. The smallest absolute Gasteiger partial charge is 0.294 e. The van der Waals surface area contributed by atoms with Crippen molar-refractivity contribution < 1.29 is 14.4 Å². The van der Waals surface area contributed by atoms with Crippen LogP contribution in [0.25, 0.3) is 11.8 Å². The number of thioether (sulfide) groups is 1. The minimum atomic E-state index is -0.452. The lowest BCUT2D eigenvalue weighted by Gasteiger charge is -2.13. The van der Waals surface area contributed by atoms with Crippen LogP contribution < -0.4 is 5.32 Å². The molecule has 0 saturated carbocycles. The van der Waals surface area contributed by atoms with Gasteiger partial charge in [-0.25, -0.2) is 0 Å². The van der Waals surface area contributed by atoms with Gasteiger partial charge in [0.25, 0.3) is 11.1 Å². The van der Waals surface area contributed by atoms with Crippen LogP contribution >= 0.6 is 11.8 Å². The highest BCUT2D eigenvalue weighted by atomic mass is 32.2. The van der Waals surface area contributed by atoms with E-state index >= 15 is 0 Å². The molecular weight excluding hydrogens is 458 g/mol. The number of rotatable bonds is 5. The van der Waals surface area contributed by atoms with E-state index in [1.165, 1.54) is 11.1 Å². The molecule has 0 bridgehead atoms.